The van der Waals surface area contributed by atoms with Crippen molar-refractivity contribution in [2.75, 3.05) is 7.11 Å². The second kappa shape index (κ2) is 6.77. The first-order chi connectivity index (χ1) is 9.61. The summed E-state index contributed by atoms with van der Waals surface area (Å²) in [6.45, 7) is 0.386. The highest BCUT2D eigenvalue weighted by Crippen LogP contribution is 2.25. The Bertz CT molecular complexity index is 631. The van der Waals surface area contributed by atoms with Crippen molar-refractivity contribution in [1.29, 1.82) is 0 Å². The zero-order chi connectivity index (χ0) is 14.5. The van der Waals surface area contributed by atoms with Crippen LogP contribution in [0.4, 0.5) is 0 Å². The van der Waals surface area contributed by atoms with Crippen molar-refractivity contribution in [2.24, 2.45) is 0 Å². The molecule has 0 aromatic heterocycles. The van der Waals surface area contributed by atoms with E-state index in [4.69, 9.17) is 16.3 Å². The van der Waals surface area contributed by atoms with Gasteiger partial charge in [0.05, 0.1) is 11.6 Å². The fraction of sp³-hybridized carbons (Fsp3) is 0.133. The standard InChI is InChI=1S/C15H13BrClNO2/c1-20-14-8-10(6-7-12(14)16)15(19)18-9-11-4-2-3-5-13(11)17/h2-8H,9H2,1H3,(H,18,19). The summed E-state index contributed by atoms with van der Waals surface area (Å²) < 4.78 is 5.98. The Balaban J connectivity index is 2.07. The molecular weight excluding hydrogens is 342 g/mol. The molecule has 5 heteroatoms. The normalized spacial score (nSPS) is 10.2. The number of carbonyl (C=O) groups is 1. The second-order valence-electron chi connectivity index (χ2n) is 4.12. The Labute approximate surface area is 131 Å². The summed E-state index contributed by atoms with van der Waals surface area (Å²) in [6, 6.07) is 12.6. The van der Waals surface area contributed by atoms with Crippen molar-refractivity contribution < 1.29 is 9.53 Å². The van der Waals surface area contributed by atoms with Crippen LogP contribution in [0, 0.1) is 0 Å². The average molecular weight is 355 g/mol. The lowest BCUT2D eigenvalue weighted by Gasteiger charge is -2.09. The van der Waals surface area contributed by atoms with E-state index in [9.17, 15) is 4.79 Å². The predicted molar refractivity (Wildman–Crippen MR) is 83.3 cm³/mol. The van der Waals surface area contributed by atoms with Gasteiger partial charge in [0.15, 0.2) is 0 Å². The fourth-order valence-electron chi connectivity index (χ4n) is 1.72. The first kappa shape index (κ1) is 14.9. The van der Waals surface area contributed by atoms with E-state index in [0.29, 0.717) is 22.9 Å². The minimum atomic E-state index is -0.171. The van der Waals surface area contributed by atoms with Gasteiger partial charge in [-0.25, -0.2) is 0 Å². The van der Waals surface area contributed by atoms with Crippen LogP contribution in [0.5, 0.6) is 5.75 Å². The Morgan fingerprint density at radius 1 is 1.30 bits per heavy atom. The third-order valence-corrected chi connectivity index (χ3v) is 3.83. The van der Waals surface area contributed by atoms with E-state index in [1.54, 1.807) is 31.4 Å². The molecule has 0 unspecified atom stereocenters. The number of amides is 1. The molecule has 0 bridgehead atoms. The van der Waals surface area contributed by atoms with Crippen LogP contribution in [-0.4, -0.2) is 13.0 Å². The van der Waals surface area contributed by atoms with Crippen molar-refractivity contribution in [1.82, 2.24) is 5.32 Å². The van der Waals surface area contributed by atoms with E-state index in [1.807, 2.05) is 18.2 Å². The third kappa shape index (κ3) is 3.52. The molecule has 20 heavy (non-hydrogen) atoms. The summed E-state index contributed by atoms with van der Waals surface area (Å²) in [4.78, 5) is 12.1. The van der Waals surface area contributed by atoms with Gasteiger partial charge in [-0.15, -0.1) is 0 Å². The van der Waals surface area contributed by atoms with Gasteiger partial charge in [-0.2, -0.15) is 0 Å². The van der Waals surface area contributed by atoms with Crippen LogP contribution in [0.3, 0.4) is 0 Å². The molecule has 0 spiro atoms. The van der Waals surface area contributed by atoms with Crippen LogP contribution >= 0.6 is 27.5 Å². The second-order valence-corrected chi connectivity index (χ2v) is 5.38. The quantitative estimate of drug-likeness (QED) is 0.900. The highest BCUT2D eigenvalue weighted by molar-refractivity contribution is 9.10. The smallest absolute Gasteiger partial charge is 0.251 e. The summed E-state index contributed by atoms with van der Waals surface area (Å²) in [5, 5.41) is 3.47. The Morgan fingerprint density at radius 2 is 2.05 bits per heavy atom. The summed E-state index contributed by atoms with van der Waals surface area (Å²) >= 11 is 9.40. The topological polar surface area (TPSA) is 38.3 Å². The number of hydrogen-bond donors (Lipinski definition) is 1. The Kier molecular flexibility index (Phi) is 5.04. The van der Waals surface area contributed by atoms with Gasteiger partial charge >= 0.3 is 0 Å². The summed E-state index contributed by atoms with van der Waals surface area (Å²) in [7, 11) is 1.56. The SMILES string of the molecule is COc1cc(C(=O)NCc2ccccc2Cl)ccc1Br. The highest BCUT2D eigenvalue weighted by Gasteiger charge is 2.09. The van der Waals surface area contributed by atoms with Gasteiger partial charge in [0.25, 0.3) is 5.91 Å². The number of nitrogens with one attached hydrogen (secondary N) is 1. The van der Waals surface area contributed by atoms with Crippen molar-refractivity contribution in [3.05, 3.63) is 63.1 Å². The number of methoxy groups -OCH3 is 1. The van der Waals surface area contributed by atoms with E-state index in [0.717, 1.165) is 10.0 Å². The molecule has 2 rings (SSSR count). The summed E-state index contributed by atoms with van der Waals surface area (Å²) in [6.07, 6.45) is 0. The molecule has 2 aromatic rings. The molecular formula is C15H13BrClNO2. The molecule has 0 atom stereocenters. The van der Waals surface area contributed by atoms with Gasteiger partial charge in [0.2, 0.25) is 0 Å². The first-order valence-corrected chi connectivity index (χ1v) is 7.14. The lowest BCUT2D eigenvalue weighted by molar-refractivity contribution is 0.0950. The zero-order valence-electron chi connectivity index (χ0n) is 10.8. The van der Waals surface area contributed by atoms with Crippen LogP contribution in [0.15, 0.2) is 46.9 Å². The number of carbonyl (C=O) groups excluding carboxylic acids is 1. The molecule has 0 saturated heterocycles. The number of ether oxygens (including phenoxy) is 1. The number of benzene rings is 2. The lowest BCUT2D eigenvalue weighted by Crippen LogP contribution is -2.22. The van der Waals surface area contributed by atoms with E-state index in [-0.39, 0.29) is 5.91 Å². The maximum Gasteiger partial charge on any atom is 0.251 e. The molecule has 0 saturated carbocycles. The van der Waals surface area contributed by atoms with Crippen LogP contribution < -0.4 is 10.1 Å². The van der Waals surface area contributed by atoms with E-state index in [2.05, 4.69) is 21.2 Å². The van der Waals surface area contributed by atoms with Gasteiger partial charge in [0, 0.05) is 17.1 Å². The average Bonchev–Trinajstić information content (AvgIpc) is 2.46. The van der Waals surface area contributed by atoms with Crippen LogP contribution in [0.25, 0.3) is 0 Å². The van der Waals surface area contributed by atoms with Gasteiger partial charge < -0.3 is 10.1 Å². The number of rotatable bonds is 4. The molecule has 0 aliphatic carbocycles. The van der Waals surface area contributed by atoms with Gasteiger partial charge in [-0.1, -0.05) is 29.8 Å². The predicted octanol–water partition coefficient (Wildman–Crippen LogP) is 4.04. The van der Waals surface area contributed by atoms with Crippen LogP contribution in [0.1, 0.15) is 15.9 Å². The van der Waals surface area contributed by atoms with Gasteiger partial charge in [-0.05, 0) is 45.8 Å². The Hall–Kier alpha value is -1.52. The monoisotopic (exact) mass is 353 g/mol. The van der Waals surface area contributed by atoms with Crippen molar-refractivity contribution in [3.8, 4) is 5.75 Å². The maximum absolute atomic E-state index is 12.1. The zero-order valence-corrected chi connectivity index (χ0v) is 13.2. The molecule has 1 N–H and O–H groups in total. The molecule has 0 aliphatic rings. The number of hydrogen-bond acceptors (Lipinski definition) is 2. The summed E-state index contributed by atoms with van der Waals surface area (Å²) in [5.41, 5.74) is 1.42. The molecule has 0 fully saturated rings. The molecule has 104 valence electrons. The molecule has 1 amide bonds. The van der Waals surface area contributed by atoms with Crippen molar-refractivity contribution in [2.45, 2.75) is 6.54 Å². The van der Waals surface area contributed by atoms with Crippen molar-refractivity contribution in [3.63, 3.8) is 0 Å². The van der Waals surface area contributed by atoms with Gasteiger partial charge in [-0.3, -0.25) is 4.79 Å². The van der Waals surface area contributed by atoms with Gasteiger partial charge in [0.1, 0.15) is 5.75 Å². The summed E-state index contributed by atoms with van der Waals surface area (Å²) in [5.74, 6) is 0.450. The highest BCUT2D eigenvalue weighted by atomic mass is 79.9. The van der Waals surface area contributed by atoms with Crippen molar-refractivity contribution >= 4 is 33.4 Å². The molecule has 2 aromatic carbocycles. The molecule has 3 nitrogen and oxygen atoms in total. The molecule has 0 radical (unpaired) electrons. The largest absolute Gasteiger partial charge is 0.496 e. The maximum atomic E-state index is 12.1. The van der Waals surface area contributed by atoms with E-state index in [1.165, 1.54) is 0 Å². The third-order valence-electron chi connectivity index (χ3n) is 2.81. The minimum absolute atomic E-state index is 0.171. The minimum Gasteiger partial charge on any atom is -0.496 e. The number of halogens is 2. The Morgan fingerprint density at radius 3 is 2.75 bits per heavy atom. The van der Waals surface area contributed by atoms with Crippen LogP contribution in [-0.2, 0) is 6.54 Å². The first-order valence-electron chi connectivity index (χ1n) is 5.97. The molecule has 0 heterocycles. The van der Waals surface area contributed by atoms with E-state index < -0.39 is 0 Å². The molecule has 0 aliphatic heterocycles. The lowest BCUT2D eigenvalue weighted by atomic mass is 10.2. The van der Waals surface area contributed by atoms with E-state index >= 15 is 0 Å². The fourth-order valence-corrected chi connectivity index (χ4v) is 2.33. The van der Waals surface area contributed by atoms with Crippen LogP contribution in [0.2, 0.25) is 5.02 Å².